The van der Waals surface area contributed by atoms with Crippen molar-refractivity contribution in [2.24, 2.45) is 0 Å². The van der Waals surface area contributed by atoms with Gasteiger partial charge in [-0.25, -0.2) is 0 Å². The summed E-state index contributed by atoms with van der Waals surface area (Å²) in [6.45, 7) is 5.60. The summed E-state index contributed by atoms with van der Waals surface area (Å²) in [5, 5.41) is 0. The van der Waals surface area contributed by atoms with Crippen molar-refractivity contribution >= 4 is 8.58 Å². The molecule has 0 aromatic carbocycles. The minimum Gasteiger partial charge on any atom is -0.309 e. The van der Waals surface area contributed by atoms with Gasteiger partial charge < -0.3 is 4.90 Å². The standard InChI is InChI=1S/C10H17NP.C5H5.Fe/c1-8-7-12-10(9(8)2)5-6-11(3)4;1-2-4-5-3-1;/h7H,5-6H2,1-4H3;1-5H;/q;;+2. The van der Waals surface area contributed by atoms with Gasteiger partial charge in [0.15, 0.2) is 0 Å². The van der Waals surface area contributed by atoms with E-state index in [0.29, 0.717) is 0 Å². The first-order valence-corrected chi connectivity index (χ1v) is 6.96. The number of nitrogens with zero attached hydrogens (tertiary/aromatic N) is 1. The minimum atomic E-state index is 0. The van der Waals surface area contributed by atoms with Gasteiger partial charge in [0.2, 0.25) is 0 Å². The van der Waals surface area contributed by atoms with Crippen molar-refractivity contribution in [2.45, 2.75) is 20.3 Å². The van der Waals surface area contributed by atoms with Gasteiger partial charge in [-0.2, -0.15) is 0 Å². The van der Waals surface area contributed by atoms with Crippen LogP contribution in [0.2, 0.25) is 0 Å². The molecule has 1 aliphatic heterocycles. The molecule has 1 saturated heterocycles. The van der Waals surface area contributed by atoms with Gasteiger partial charge in [-0.15, -0.1) is 0 Å². The van der Waals surface area contributed by atoms with Crippen LogP contribution >= 0.6 is 8.58 Å². The third kappa shape index (κ3) is 7.49. The van der Waals surface area contributed by atoms with Gasteiger partial charge >= 0.3 is 17.1 Å². The molecule has 1 heterocycles. The van der Waals surface area contributed by atoms with Crippen LogP contribution in [0.3, 0.4) is 0 Å². The molecule has 2 rings (SSSR count). The number of rotatable bonds is 3. The molecule has 1 saturated carbocycles. The Bertz CT molecular complexity index is 187. The third-order valence-corrected chi connectivity index (χ3v) is 4.18. The third-order valence-electron chi connectivity index (χ3n) is 2.79. The Balaban J connectivity index is 0.000000405. The van der Waals surface area contributed by atoms with Crippen LogP contribution in [0.15, 0.2) is 0 Å². The van der Waals surface area contributed by atoms with Crippen molar-refractivity contribution < 1.29 is 17.1 Å². The molecule has 0 unspecified atom stereocenters. The van der Waals surface area contributed by atoms with Crippen LogP contribution in [0.1, 0.15) is 20.3 Å². The zero-order valence-corrected chi connectivity index (χ0v) is 13.6. The maximum Gasteiger partial charge on any atom is 2.00 e. The molecule has 0 aromatic rings. The molecular weight excluding hydrogens is 281 g/mol. The second-order valence-electron chi connectivity index (χ2n) is 4.53. The van der Waals surface area contributed by atoms with Gasteiger partial charge in [-0.05, 0) is 77.2 Å². The summed E-state index contributed by atoms with van der Waals surface area (Å²) in [4.78, 5) is 2.24. The van der Waals surface area contributed by atoms with Gasteiger partial charge in [0.05, 0.1) is 0 Å². The monoisotopic (exact) mass is 303 g/mol. The number of hydrogen-bond acceptors (Lipinski definition) is 1. The molecule has 1 nitrogen and oxygen atoms in total. The van der Waals surface area contributed by atoms with Gasteiger partial charge in [0.25, 0.3) is 0 Å². The predicted octanol–water partition coefficient (Wildman–Crippen LogP) is 3.80. The second-order valence-corrected chi connectivity index (χ2v) is 5.58. The molecule has 0 aromatic heterocycles. The molecule has 18 heavy (non-hydrogen) atoms. The SMILES string of the molecule is C[C]1[CH][P][C](CCN(C)C)[C]1C.[CH]1[CH][CH][CH][CH]1.[Fe+2]. The summed E-state index contributed by atoms with van der Waals surface area (Å²) < 4.78 is 0. The molecule has 98 valence electrons. The van der Waals surface area contributed by atoms with Crippen molar-refractivity contribution in [1.29, 1.82) is 0 Å². The zero-order valence-electron chi connectivity index (χ0n) is 11.6. The van der Waals surface area contributed by atoms with E-state index in [-0.39, 0.29) is 17.1 Å². The first-order chi connectivity index (χ1) is 8.11. The molecule has 2 fully saturated rings. The quantitative estimate of drug-likeness (QED) is 0.566. The molecular formula is C15H22FeNP+2. The second kappa shape index (κ2) is 10.7. The molecule has 0 atom stereocenters. The molecule has 1 aliphatic carbocycles. The average molecular weight is 303 g/mol. The molecule has 2 aliphatic rings. The summed E-state index contributed by atoms with van der Waals surface area (Å²) in [6.07, 6.45) is 13.5. The van der Waals surface area contributed by atoms with E-state index in [0.717, 1.165) is 0 Å². The molecule has 0 spiro atoms. The van der Waals surface area contributed by atoms with Crippen molar-refractivity contribution in [3.05, 3.63) is 55.8 Å². The molecule has 3 heteroatoms. The molecule has 10 radical (unpaired) electrons. The Kier molecular flexibility index (Phi) is 11.2. The van der Waals surface area contributed by atoms with E-state index >= 15 is 0 Å². The van der Waals surface area contributed by atoms with Crippen LogP contribution in [0, 0.1) is 55.8 Å². The Labute approximate surface area is 127 Å². The van der Waals surface area contributed by atoms with Crippen LogP contribution in [0.25, 0.3) is 0 Å². The normalized spacial score (nSPS) is 23.2. The van der Waals surface area contributed by atoms with Crippen LogP contribution in [0.5, 0.6) is 0 Å². The average Bonchev–Trinajstić information content (AvgIpc) is 2.93. The molecule has 0 N–H and O–H groups in total. The fourth-order valence-electron chi connectivity index (χ4n) is 1.50. The van der Waals surface area contributed by atoms with Crippen LogP contribution in [-0.2, 0) is 17.1 Å². The van der Waals surface area contributed by atoms with Crippen LogP contribution in [0.4, 0.5) is 0 Å². The smallest absolute Gasteiger partial charge is 0.309 e. The Hall–Kier alpha value is 0.909. The minimum absolute atomic E-state index is 0. The van der Waals surface area contributed by atoms with Crippen LogP contribution < -0.4 is 0 Å². The largest absolute Gasteiger partial charge is 2.00 e. The van der Waals surface area contributed by atoms with Gasteiger partial charge in [0.1, 0.15) is 0 Å². The Morgan fingerprint density at radius 1 is 1.00 bits per heavy atom. The topological polar surface area (TPSA) is 3.24 Å². The number of hydrogen-bond donors (Lipinski definition) is 0. The zero-order chi connectivity index (χ0) is 12.7. The first-order valence-electron chi connectivity index (χ1n) is 6.00. The van der Waals surface area contributed by atoms with Crippen LogP contribution in [-0.4, -0.2) is 25.5 Å². The summed E-state index contributed by atoms with van der Waals surface area (Å²) in [5.41, 5.74) is 1.60. The fraction of sp³-hybridized carbons (Fsp3) is 0.400. The van der Waals surface area contributed by atoms with Gasteiger partial charge in [-0.1, -0.05) is 22.4 Å². The maximum absolute atomic E-state index is 2.31. The van der Waals surface area contributed by atoms with Gasteiger partial charge in [-0.3, -0.25) is 0 Å². The molecule has 0 amide bonds. The summed E-state index contributed by atoms with van der Waals surface area (Å²) >= 11 is 0. The van der Waals surface area contributed by atoms with Crippen molar-refractivity contribution in [1.82, 2.24) is 4.90 Å². The van der Waals surface area contributed by atoms with E-state index in [1.165, 1.54) is 33.4 Å². The Morgan fingerprint density at radius 3 is 1.83 bits per heavy atom. The maximum atomic E-state index is 2.31. The van der Waals surface area contributed by atoms with E-state index in [2.05, 4.69) is 39.0 Å². The van der Waals surface area contributed by atoms with E-state index in [1.807, 2.05) is 32.1 Å². The van der Waals surface area contributed by atoms with E-state index < -0.39 is 0 Å². The van der Waals surface area contributed by atoms with E-state index in [1.54, 1.807) is 5.66 Å². The van der Waals surface area contributed by atoms with E-state index in [4.69, 9.17) is 0 Å². The molecule has 0 bridgehead atoms. The predicted molar refractivity (Wildman–Crippen MR) is 77.0 cm³/mol. The fourth-order valence-corrected chi connectivity index (χ4v) is 2.64. The van der Waals surface area contributed by atoms with E-state index in [9.17, 15) is 0 Å². The summed E-state index contributed by atoms with van der Waals surface area (Å²) in [5.74, 6) is 2.98. The summed E-state index contributed by atoms with van der Waals surface area (Å²) in [6, 6.07) is 0. The Morgan fingerprint density at radius 2 is 1.50 bits per heavy atom. The summed E-state index contributed by atoms with van der Waals surface area (Å²) in [7, 11) is 5.68. The van der Waals surface area contributed by atoms with Crippen molar-refractivity contribution in [2.75, 3.05) is 20.6 Å². The van der Waals surface area contributed by atoms with Gasteiger partial charge in [0, 0.05) is 5.66 Å². The van der Waals surface area contributed by atoms with Crippen molar-refractivity contribution in [3.8, 4) is 0 Å². The first kappa shape index (κ1) is 18.9. The van der Waals surface area contributed by atoms with Crippen molar-refractivity contribution in [3.63, 3.8) is 0 Å².